The molecule has 3 heterocycles. The van der Waals surface area contributed by atoms with Crippen molar-refractivity contribution in [2.75, 3.05) is 31.5 Å². The standard InChI is InChI=1S/C27H29ClFN5O3S/c28-24-10-9-23(38-24)27(37)32-22-15-33(14-17(22)13-30-18-4-3-5-18)16-25(35)31-21-8-7-19(12-20(21)29)34-11-2-1-6-26(34)36/h1-2,6-12,17-18,22,30H,3-5,13-16H2,(H,31,35)(H,32,37)/t17-,22-/m0/s1. The summed E-state index contributed by atoms with van der Waals surface area (Å²) in [6, 6.07) is 12.7. The second kappa shape index (κ2) is 11.8. The lowest BCUT2D eigenvalue weighted by Crippen LogP contribution is -2.46. The largest absolute Gasteiger partial charge is 0.347 e. The first-order chi connectivity index (χ1) is 18.4. The minimum absolute atomic E-state index is 0.0459. The number of benzene rings is 1. The minimum Gasteiger partial charge on any atom is -0.347 e. The van der Waals surface area contributed by atoms with Gasteiger partial charge in [-0.05, 0) is 43.2 Å². The molecule has 2 amide bonds. The van der Waals surface area contributed by atoms with Crippen molar-refractivity contribution < 1.29 is 14.0 Å². The molecule has 1 aromatic carbocycles. The molecule has 2 fully saturated rings. The summed E-state index contributed by atoms with van der Waals surface area (Å²) < 4.78 is 16.7. The van der Waals surface area contributed by atoms with Gasteiger partial charge in [0.05, 0.1) is 27.1 Å². The summed E-state index contributed by atoms with van der Waals surface area (Å²) in [6.07, 6.45) is 5.11. The van der Waals surface area contributed by atoms with E-state index >= 15 is 0 Å². The summed E-state index contributed by atoms with van der Waals surface area (Å²) in [5.41, 5.74) is 0.144. The van der Waals surface area contributed by atoms with Gasteiger partial charge in [-0.25, -0.2) is 4.39 Å². The Kier molecular flexibility index (Phi) is 8.23. The van der Waals surface area contributed by atoms with Crippen LogP contribution in [0.4, 0.5) is 10.1 Å². The van der Waals surface area contributed by atoms with Crippen LogP contribution in [0, 0.1) is 11.7 Å². The fraction of sp³-hybridized carbons (Fsp3) is 0.370. The molecule has 0 unspecified atom stereocenters. The number of nitrogens with zero attached hydrogens (tertiary/aromatic N) is 2. The van der Waals surface area contributed by atoms with Crippen molar-refractivity contribution in [3.8, 4) is 5.69 Å². The second-order valence-electron chi connectivity index (χ2n) is 9.80. The van der Waals surface area contributed by atoms with Gasteiger partial charge in [0.2, 0.25) is 5.91 Å². The molecule has 5 rings (SSSR count). The van der Waals surface area contributed by atoms with Gasteiger partial charge < -0.3 is 16.0 Å². The van der Waals surface area contributed by atoms with E-state index in [-0.39, 0.29) is 41.6 Å². The third-order valence-electron chi connectivity index (χ3n) is 7.10. The van der Waals surface area contributed by atoms with Crippen LogP contribution in [0.2, 0.25) is 4.34 Å². The molecule has 38 heavy (non-hydrogen) atoms. The lowest BCUT2D eigenvalue weighted by atomic mass is 9.92. The summed E-state index contributed by atoms with van der Waals surface area (Å²) >= 11 is 7.23. The fourth-order valence-electron chi connectivity index (χ4n) is 4.86. The van der Waals surface area contributed by atoms with Crippen LogP contribution >= 0.6 is 22.9 Å². The molecule has 3 N–H and O–H groups in total. The van der Waals surface area contributed by atoms with E-state index in [0.29, 0.717) is 34.0 Å². The predicted octanol–water partition coefficient (Wildman–Crippen LogP) is 3.50. The molecule has 3 aromatic rings. The highest BCUT2D eigenvalue weighted by molar-refractivity contribution is 7.18. The molecule has 2 aromatic heterocycles. The SMILES string of the molecule is O=C(CN1C[C@H](CNC2CCC2)[C@@H](NC(=O)c2ccc(Cl)s2)C1)Nc1ccc(-n2ccccc2=O)cc1F. The van der Waals surface area contributed by atoms with Crippen LogP contribution in [0.3, 0.4) is 0 Å². The van der Waals surface area contributed by atoms with Crippen LogP contribution in [0.5, 0.6) is 0 Å². The number of anilines is 1. The van der Waals surface area contributed by atoms with Gasteiger partial charge in [-0.15, -0.1) is 11.3 Å². The molecule has 1 aliphatic carbocycles. The Morgan fingerprint density at radius 1 is 1.11 bits per heavy atom. The first kappa shape index (κ1) is 26.6. The van der Waals surface area contributed by atoms with Crippen molar-refractivity contribution in [2.24, 2.45) is 5.92 Å². The molecule has 0 bridgehead atoms. The monoisotopic (exact) mass is 557 g/mol. The average molecular weight is 558 g/mol. The highest BCUT2D eigenvalue weighted by Crippen LogP contribution is 2.24. The Labute approximate surface area is 228 Å². The maximum atomic E-state index is 14.8. The van der Waals surface area contributed by atoms with Gasteiger partial charge in [0.15, 0.2) is 0 Å². The van der Waals surface area contributed by atoms with Crippen molar-refractivity contribution in [3.05, 3.63) is 80.1 Å². The van der Waals surface area contributed by atoms with E-state index in [1.807, 2.05) is 4.90 Å². The number of hydrogen-bond donors (Lipinski definition) is 3. The van der Waals surface area contributed by atoms with Gasteiger partial charge >= 0.3 is 0 Å². The average Bonchev–Trinajstić information content (AvgIpc) is 3.45. The van der Waals surface area contributed by atoms with Crippen molar-refractivity contribution in [1.29, 1.82) is 0 Å². The van der Waals surface area contributed by atoms with Gasteiger partial charge in [-0.2, -0.15) is 0 Å². The molecule has 2 atom stereocenters. The zero-order valence-corrected chi connectivity index (χ0v) is 22.2. The van der Waals surface area contributed by atoms with E-state index in [9.17, 15) is 18.8 Å². The number of rotatable bonds is 9. The molecule has 0 radical (unpaired) electrons. The maximum Gasteiger partial charge on any atom is 0.261 e. The Morgan fingerprint density at radius 2 is 1.95 bits per heavy atom. The third kappa shape index (κ3) is 6.32. The fourth-order valence-corrected chi connectivity index (χ4v) is 5.80. The highest BCUT2D eigenvalue weighted by Gasteiger charge is 2.35. The molecular weight excluding hydrogens is 529 g/mol. The molecule has 200 valence electrons. The quantitative estimate of drug-likeness (QED) is 0.374. The van der Waals surface area contributed by atoms with E-state index in [0.717, 1.165) is 19.4 Å². The Morgan fingerprint density at radius 3 is 2.63 bits per heavy atom. The number of likely N-dealkylation sites (tertiary alicyclic amines) is 1. The summed E-state index contributed by atoms with van der Waals surface area (Å²) in [6.45, 7) is 1.94. The number of carbonyl (C=O) groups excluding carboxylic acids is 2. The summed E-state index contributed by atoms with van der Waals surface area (Å²) in [5, 5.41) is 9.34. The number of amides is 2. The number of hydrogen-bond acceptors (Lipinski definition) is 6. The third-order valence-corrected chi connectivity index (χ3v) is 8.33. The summed E-state index contributed by atoms with van der Waals surface area (Å²) in [4.78, 5) is 40.2. The topological polar surface area (TPSA) is 95.5 Å². The van der Waals surface area contributed by atoms with E-state index in [1.165, 1.54) is 40.5 Å². The minimum atomic E-state index is -0.629. The maximum absolute atomic E-state index is 14.8. The van der Waals surface area contributed by atoms with Gasteiger partial charge in [0.25, 0.3) is 11.5 Å². The van der Waals surface area contributed by atoms with Crippen LogP contribution in [-0.2, 0) is 4.79 Å². The van der Waals surface area contributed by atoms with Crippen LogP contribution < -0.4 is 21.5 Å². The predicted molar refractivity (Wildman–Crippen MR) is 147 cm³/mol. The zero-order valence-electron chi connectivity index (χ0n) is 20.7. The van der Waals surface area contributed by atoms with Gasteiger partial charge in [0.1, 0.15) is 5.82 Å². The lowest BCUT2D eigenvalue weighted by molar-refractivity contribution is -0.117. The highest BCUT2D eigenvalue weighted by atomic mass is 35.5. The number of carbonyl (C=O) groups is 2. The van der Waals surface area contributed by atoms with Crippen LogP contribution in [0.15, 0.2) is 59.5 Å². The van der Waals surface area contributed by atoms with Crippen LogP contribution in [0.1, 0.15) is 28.9 Å². The van der Waals surface area contributed by atoms with Gasteiger partial charge in [0, 0.05) is 56.0 Å². The van der Waals surface area contributed by atoms with Crippen molar-refractivity contribution in [3.63, 3.8) is 0 Å². The van der Waals surface area contributed by atoms with Crippen LogP contribution in [-0.4, -0.2) is 59.5 Å². The van der Waals surface area contributed by atoms with E-state index < -0.39 is 5.82 Å². The molecule has 11 heteroatoms. The van der Waals surface area contributed by atoms with E-state index in [4.69, 9.17) is 11.6 Å². The number of thiophene rings is 1. The Hall–Kier alpha value is -3.05. The van der Waals surface area contributed by atoms with Crippen LogP contribution in [0.25, 0.3) is 5.69 Å². The molecule has 8 nitrogen and oxygen atoms in total. The van der Waals surface area contributed by atoms with Crippen molar-refractivity contribution >= 4 is 40.4 Å². The normalized spacial score (nSPS) is 19.7. The number of nitrogens with one attached hydrogen (secondary N) is 3. The molecule has 1 aliphatic heterocycles. The molecule has 2 aliphatic rings. The number of halogens is 2. The molecule has 1 saturated carbocycles. The second-order valence-corrected chi connectivity index (χ2v) is 11.5. The summed E-state index contributed by atoms with van der Waals surface area (Å²) in [5.74, 6) is -1.03. The summed E-state index contributed by atoms with van der Waals surface area (Å²) in [7, 11) is 0. The molecular formula is C27H29ClFN5O3S. The number of aromatic nitrogens is 1. The molecule has 0 spiro atoms. The Balaban J connectivity index is 1.21. The zero-order chi connectivity index (χ0) is 26.6. The number of pyridine rings is 1. The lowest BCUT2D eigenvalue weighted by Gasteiger charge is -2.29. The van der Waals surface area contributed by atoms with E-state index in [2.05, 4.69) is 16.0 Å². The molecule has 1 saturated heterocycles. The Bertz CT molecular complexity index is 1370. The van der Waals surface area contributed by atoms with Gasteiger partial charge in [-0.3, -0.25) is 23.9 Å². The first-order valence-corrected chi connectivity index (χ1v) is 13.8. The van der Waals surface area contributed by atoms with Crippen molar-refractivity contribution in [2.45, 2.75) is 31.3 Å². The van der Waals surface area contributed by atoms with Crippen molar-refractivity contribution in [1.82, 2.24) is 20.1 Å². The van der Waals surface area contributed by atoms with E-state index in [1.54, 1.807) is 36.5 Å². The smallest absolute Gasteiger partial charge is 0.261 e. The first-order valence-electron chi connectivity index (χ1n) is 12.6. The van der Waals surface area contributed by atoms with Gasteiger partial charge in [-0.1, -0.05) is 24.1 Å².